The Balaban J connectivity index is 2.26. The van der Waals surface area contributed by atoms with Gasteiger partial charge < -0.3 is 10.2 Å². The highest BCUT2D eigenvalue weighted by Gasteiger charge is 2.15. The summed E-state index contributed by atoms with van der Waals surface area (Å²) in [5, 5.41) is 4.09. The van der Waals surface area contributed by atoms with Gasteiger partial charge in [-0.1, -0.05) is 11.6 Å². The van der Waals surface area contributed by atoms with Gasteiger partial charge in [0.25, 0.3) is 0 Å². The molecule has 4 heteroatoms. The lowest BCUT2D eigenvalue weighted by atomic mass is 10.2. The molecule has 76 valence electrons. The first-order valence-corrected chi connectivity index (χ1v) is 5.23. The number of aryl methyl sites for hydroxylation is 1. The van der Waals surface area contributed by atoms with Crippen molar-refractivity contribution in [1.29, 1.82) is 0 Å². The van der Waals surface area contributed by atoms with E-state index < -0.39 is 0 Å². The second kappa shape index (κ2) is 4.15. The Morgan fingerprint density at radius 1 is 1.43 bits per heavy atom. The van der Waals surface area contributed by atoms with Crippen molar-refractivity contribution in [3.8, 4) is 0 Å². The minimum Gasteiger partial charge on any atom is -0.353 e. The molecule has 2 heterocycles. The van der Waals surface area contributed by atoms with Crippen LogP contribution in [-0.4, -0.2) is 31.2 Å². The molecule has 1 aromatic heterocycles. The molecule has 3 nitrogen and oxygen atoms in total. The topological polar surface area (TPSA) is 28.2 Å². The van der Waals surface area contributed by atoms with Crippen molar-refractivity contribution < 1.29 is 0 Å². The van der Waals surface area contributed by atoms with Crippen LogP contribution in [0, 0.1) is 6.92 Å². The van der Waals surface area contributed by atoms with E-state index in [4.69, 9.17) is 11.6 Å². The lowest BCUT2D eigenvalue weighted by molar-refractivity contribution is 0.585. The first kappa shape index (κ1) is 9.74. The van der Waals surface area contributed by atoms with Crippen molar-refractivity contribution in [2.75, 3.05) is 31.1 Å². The number of hydrogen-bond acceptors (Lipinski definition) is 3. The fourth-order valence-corrected chi connectivity index (χ4v) is 1.85. The number of aromatic nitrogens is 1. The molecule has 0 aliphatic carbocycles. The van der Waals surface area contributed by atoms with E-state index in [1.165, 1.54) is 0 Å². The van der Waals surface area contributed by atoms with Gasteiger partial charge in [-0.2, -0.15) is 0 Å². The minimum absolute atomic E-state index is 0.786. The Labute approximate surface area is 89.1 Å². The normalized spacial score (nSPS) is 17.1. The summed E-state index contributed by atoms with van der Waals surface area (Å²) < 4.78 is 0. The van der Waals surface area contributed by atoms with Gasteiger partial charge in [0, 0.05) is 32.4 Å². The Bertz CT molecular complexity index is 321. The number of piperazine rings is 1. The van der Waals surface area contributed by atoms with Crippen LogP contribution in [-0.2, 0) is 0 Å². The molecule has 1 N–H and O–H groups in total. The van der Waals surface area contributed by atoms with Gasteiger partial charge in [-0.15, -0.1) is 0 Å². The summed E-state index contributed by atoms with van der Waals surface area (Å²) in [7, 11) is 0. The van der Waals surface area contributed by atoms with Crippen molar-refractivity contribution >= 4 is 17.4 Å². The Kier molecular flexibility index (Phi) is 2.89. The molecule has 0 unspecified atom stereocenters. The second-order valence-electron chi connectivity index (χ2n) is 3.50. The molecule has 0 radical (unpaired) electrons. The first-order valence-electron chi connectivity index (χ1n) is 4.86. The lowest BCUT2D eigenvalue weighted by Crippen LogP contribution is -2.44. The first-order chi connectivity index (χ1) is 6.79. The van der Waals surface area contributed by atoms with Gasteiger partial charge in [0.2, 0.25) is 0 Å². The van der Waals surface area contributed by atoms with E-state index in [2.05, 4.69) is 15.2 Å². The summed E-state index contributed by atoms with van der Waals surface area (Å²) in [6.45, 7) is 5.99. The number of halogens is 1. The highest BCUT2D eigenvalue weighted by atomic mass is 35.5. The van der Waals surface area contributed by atoms with Crippen LogP contribution in [0.25, 0.3) is 0 Å². The highest BCUT2D eigenvalue weighted by Crippen LogP contribution is 2.26. The molecule has 1 aliphatic heterocycles. The summed E-state index contributed by atoms with van der Waals surface area (Å²) in [6, 6.07) is 1.94. The largest absolute Gasteiger partial charge is 0.353 e. The van der Waals surface area contributed by atoms with E-state index in [9.17, 15) is 0 Å². The van der Waals surface area contributed by atoms with Gasteiger partial charge in [0.1, 0.15) is 5.82 Å². The Hall–Kier alpha value is -0.800. The Morgan fingerprint density at radius 3 is 2.86 bits per heavy atom. The number of anilines is 1. The Morgan fingerprint density at radius 2 is 2.14 bits per heavy atom. The molecule has 0 saturated carbocycles. The van der Waals surface area contributed by atoms with E-state index in [1.54, 1.807) is 0 Å². The van der Waals surface area contributed by atoms with Gasteiger partial charge in [-0.05, 0) is 18.6 Å². The number of nitrogens with one attached hydrogen (secondary N) is 1. The molecule has 1 aliphatic rings. The van der Waals surface area contributed by atoms with E-state index in [0.29, 0.717) is 0 Å². The number of hydrogen-bond donors (Lipinski definition) is 1. The molecule has 0 spiro atoms. The number of nitrogens with zero attached hydrogens (tertiary/aromatic N) is 2. The van der Waals surface area contributed by atoms with Crippen molar-refractivity contribution in [2.45, 2.75) is 6.92 Å². The van der Waals surface area contributed by atoms with E-state index >= 15 is 0 Å². The molecule has 0 bridgehead atoms. The summed E-state index contributed by atoms with van der Waals surface area (Å²) in [4.78, 5) is 6.56. The van der Waals surface area contributed by atoms with Gasteiger partial charge in [0.05, 0.1) is 5.02 Å². The van der Waals surface area contributed by atoms with Crippen LogP contribution in [0.4, 0.5) is 5.82 Å². The quantitative estimate of drug-likeness (QED) is 0.762. The van der Waals surface area contributed by atoms with E-state index in [0.717, 1.165) is 42.6 Å². The number of pyridine rings is 1. The number of rotatable bonds is 1. The van der Waals surface area contributed by atoms with Gasteiger partial charge in [0.15, 0.2) is 0 Å². The maximum absolute atomic E-state index is 6.20. The fourth-order valence-electron chi connectivity index (χ4n) is 1.62. The summed E-state index contributed by atoms with van der Waals surface area (Å²) >= 11 is 6.20. The van der Waals surface area contributed by atoms with Crippen LogP contribution >= 0.6 is 11.6 Å². The highest BCUT2D eigenvalue weighted by molar-refractivity contribution is 6.33. The van der Waals surface area contributed by atoms with E-state index in [1.807, 2.05) is 19.2 Å². The monoisotopic (exact) mass is 211 g/mol. The average Bonchev–Trinajstić information content (AvgIpc) is 2.23. The zero-order valence-corrected chi connectivity index (χ0v) is 9.01. The van der Waals surface area contributed by atoms with Crippen molar-refractivity contribution in [2.24, 2.45) is 0 Å². The zero-order valence-electron chi connectivity index (χ0n) is 8.26. The maximum Gasteiger partial charge on any atom is 0.147 e. The molecule has 1 saturated heterocycles. The predicted octanol–water partition coefficient (Wildman–Crippen LogP) is 1.45. The summed E-state index contributed by atoms with van der Waals surface area (Å²) in [5.74, 6) is 0.924. The molecule has 1 fully saturated rings. The third kappa shape index (κ3) is 1.83. The molecule has 0 atom stereocenters. The minimum atomic E-state index is 0.786. The van der Waals surface area contributed by atoms with Crippen molar-refractivity contribution in [1.82, 2.24) is 10.3 Å². The molecule has 1 aromatic rings. The van der Waals surface area contributed by atoms with Crippen LogP contribution < -0.4 is 10.2 Å². The van der Waals surface area contributed by atoms with Gasteiger partial charge >= 0.3 is 0 Å². The van der Waals surface area contributed by atoms with E-state index in [-0.39, 0.29) is 0 Å². The average molecular weight is 212 g/mol. The molecule has 2 rings (SSSR count). The van der Waals surface area contributed by atoms with Crippen LogP contribution in [0.1, 0.15) is 5.56 Å². The molecular weight excluding hydrogens is 198 g/mol. The SMILES string of the molecule is Cc1ccnc(N2CCNCC2)c1Cl. The summed E-state index contributed by atoms with van der Waals surface area (Å²) in [6.07, 6.45) is 1.82. The molecule has 0 aromatic carbocycles. The molecule has 0 amide bonds. The van der Waals surface area contributed by atoms with Crippen LogP contribution in [0.15, 0.2) is 12.3 Å². The van der Waals surface area contributed by atoms with Gasteiger partial charge in [-0.25, -0.2) is 4.98 Å². The summed E-state index contributed by atoms with van der Waals surface area (Å²) in [5.41, 5.74) is 1.09. The fraction of sp³-hybridized carbons (Fsp3) is 0.500. The second-order valence-corrected chi connectivity index (χ2v) is 3.88. The van der Waals surface area contributed by atoms with Crippen molar-refractivity contribution in [3.63, 3.8) is 0 Å². The molecule has 14 heavy (non-hydrogen) atoms. The smallest absolute Gasteiger partial charge is 0.147 e. The van der Waals surface area contributed by atoms with Crippen LogP contribution in [0.2, 0.25) is 5.02 Å². The third-order valence-electron chi connectivity index (χ3n) is 2.48. The van der Waals surface area contributed by atoms with Crippen LogP contribution in [0.5, 0.6) is 0 Å². The molecular formula is C10H14ClN3. The van der Waals surface area contributed by atoms with Crippen molar-refractivity contribution in [3.05, 3.63) is 22.8 Å². The van der Waals surface area contributed by atoms with Gasteiger partial charge in [-0.3, -0.25) is 0 Å². The van der Waals surface area contributed by atoms with Crippen LogP contribution in [0.3, 0.4) is 0 Å². The predicted molar refractivity (Wildman–Crippen MR) is 59.1 cm³/mol. The maximum atomic E-state index is 6.20. The third-order valence-corrected chi connectivity index (χ3v) is 2.95. The standard InChI is InChI=1S/C10H14ClN3/c1-8-2-3-13-10(9(8)11)14-6-4-12-5-7-14/h2-3,12H,4-7H2,1H3. The lowest BCUT2D eigenvalue weighted by Gasteiger charge is -2.29. The zero-order chi connectivity index (χ0) is 9.97.